The van der Waals surface area contributed by atoms with Crippen molar-refractivity contribution in [3.8, 4) is 0 Å². The summed E-state index contributed by atoms with van der Waals surface area (Å²) in [6, 6.07) is 12.4. The minimum absolute atomic E-state index is 0.0443. The van der Waals surface area contributed by atoms with Crippen LogP contribution in [0.2, 0.25) is 0 Å². The van der Waals surface area contributed by atoms with E-state index in [4.69, 9.17) is 0 Å². The molecule has 0 aliphatic heterocycles. The molecule has 4 nitrogen and oxygen atoms in total. The summed E-state index contributed by atoms with van der Waals surface area (Å²) in [5.41, 5.74) is 0.932. The van der Waals surface area contributed by atoms with Crippen LogP contribution in [0, 0.1) is 5.95 Å². The molecule has 1 aromatic carbocycles. The highest BCUT2D eigenvalue weighted by molar-refractivity contribution is 5.94. The van der Waals surface area contributed by atoms with Crippen molar-refractivity contribution in [1.82, 2.24) is 15.2 Å². The van der Waals surface area contributed by atoms with Gasteiger partial charge in [-0.3, -0.25) is 4.79 Å². The van der Waals surface area contributed by atoms with Crippen LogP contribution < -0.4 is 5.32 Å². The molecule has 0 saturated carbocycles. The number of rotatable bonds is 5. The Morgan fingerprint density at radius 1 is 1.24 bits per heavy atom. The molecule has 0 saturated heterocycles. The third kappa shape index (κ3) is 4.10. The molecule has 1 unspecified atom stereocenters. The summed E-state index contributed by atoms with van der Waals surface area (Å²) in [4.78, 5) is 17.7. The van der Waals surface area contributed by atoms with Crippen molar-refractivity contribution in [2.24, 2.45) is 0 Å². The summed E-state index contributed by atoms with van der Waals surface area (Å²) in [5, 5.41) is 2.86. The summed E-state index contributed by atoms with van der Waals surface area (Å²) >= 11 is 0. The number of halogens is 1. The fourth-order valence-corrected chi connectivity index (χ4v) is 2.08. The van der Waals surface area contributed by atoms with Gasteiger partial charge in [0, 0.05) is 12.7 Å². The fraction of sp³-hybridized carbons (Fsp3) is 0.250. The Morgan fingerprint density at radius 3 is 2.57 bits per heavy atom. The van der Waals surface area contributed by atoms with E-state index in [2.05, 4.69) is 10.3 Å². The summed E-state index contributed by atoms with van der Waals surface area (Å²) in [6.07, 6.45) is 1.32. The second kappa shape index (κ2) is 6.95. The smallest absolute Gasteiger partial charge is 0.256 e. The second-order valence-electron chi connectivity index (χ2n) is 5.04. The minimum atomic E-state index is -0.758. The number of likely N-dealkylation sites (N-methyl/N-ethyl adjacent to an activating group) is 1. The molecule has 0 fully saturated rings. The Kier molecular flexibility index (Phi) is 5.00. The van der Waals surface area contributed by atoms with Gasteiger partial charge in [0.2, 0.25) is 5.95 Å². The monoisotopic (exact) mass is 287 g/mol. The van der Waals surface area contributed by atoms with E-state index in [0.717, 1.165) is 5.56 Å². The third-order valence-corrected chi connectivity index (χ3v) is 3.06. The molecule has 2 aromatic rings. The summed E-state index contributed by atoms with van der Waals surface area (Å²) in [7, 11) is 3.85. The van der Waals surface area contributed by atoms with Gasteiger partial charge in [0.05, 0.1) is 11.6 Å². The van der Waals surface area contributed by atoms with Gasteiger partial charge in [-0.25, -0.2) is 4.98 Å². The van der Waals surface area contributed by atoms with Crippen molar-refractivity contribution in [2.75, 3.05) is 20.6 Å². The van der Waals surface area contributed by atoms with Gasteiger partial charge in [-0.2, -0.15) is 4.39 Å². The number of carbonyl (C=O) groups is 1. The molecule has 2 rings (SSSR count). The lowest BCUT2D eigenvalue weighted by atomic mass is 10.1. The average Bonchev–Trinajstić information content (AvgIpc) is 2.47. The maximum atomic E-state index is 13.6. The van der Waals surface area contributed by atoms with Crippen molar-refractivity contribution in [1.29, 1.82) is 0 Å². The van der Waals surface area contributed by atoms with Crippen LogP contribution in [-0.2, 0) is 0 Å². The third-order valence-electron chi connectivity index (χ3n) is 3.06. The zero-order chi connectivity index (χ0) is 15.2. The maximum absolute atomic E-state index is 13.6. The first-order chi connectivity index (χ1) is 10.1. The van der Waals surface area contributed by atoms with Crippen molar-refractivity contribution in [3.05, 3.63) is 65.7 Å². The van der Waals surface area contributed by atoms with Gasteiger partial charge in [0.1, 0.15) is 0 Å². The highest BCUT2D eigenvalue weighted by Gasteiger charge is 2.18. The average molecular weight is 287 g/mol. The molecule has 0 bridgehead atoms. The Bertz CT molecular complexity index is 601. The second-order valence-corrected chi connectivity index (χ2v) is 5.04. The van der Waals surface area contributed by atoms with Gasteiger partial charge in [0.15, 0.2) is 0 Å². The molecule has 1 amide bonds. The van der Waals surface area contributed by atoms with E-state index in [9.17, 15) is 9.18 Å². The molecule has 0 aliphatic rings. The first kappa shape index (κ1) is 15.1. The van der Waals surface area contributed by atoms with Crippen molar-refractivity contribution < 1.29 is 9.18 Å². The summed E-state index contributed by atoms with van der Waals surface area (Å²) in [5.74, 6) is -1.22. The number of nitrogens with zero attached hydrogens (tertiary/aromatic N) is 2. The van der Waals surface area contributed by atoms with E-state index in [1.807, 2.05) is 49.3 Å². The molecule has 0 spiro atoms. The topological polar surface area (TPSA) is 45.2 Å². The predicted octanol–water partition coefficient (Wildman–Crippen LogP) is 2.25. The van der Waals surface area contributed by atoms with Crippen molar-refractivity contribution >= 4 is 5.91 Å². The van der Waals surface area contributed by atoms with Crippen LogP contribution in [-0.4, -0.2) is 36.4 Å². The quantitative estimate of drug-likeness (QED) is 0.858. The summed E-state index contributed by atoms with van der Waals surface area (Å²) in [6.45, 7) is 0.623. The molecule has 0 aliphatic carbocycles. The summed E-state index contributed by atoms with van der Waals surface area (Å²) < 4.78 is 13.6. The lowest BCUT2D eigenvalue weighted by molar-refractivity contribution is 0.0925. The lowest BCUT2D eigenvalue weighted by Crippen LogP contribution is -2.35. The maximum Gasteiger partial charge on any atom is 0.256 e. The number of amides is 1. The number of benzene rings is 1. The molecule has 1 heterocycles. The van der Waals surface area contributed by atoms with Gasteiger partial charge in [-0.05, 0) is 31.8 Å². The van der Waals surface area contributed by atoms with Crippen molar-refractivity contribution in [3.63, 3.8) is 0 Å². The first-order valence-electron chi connectivity index (χ1n) is 6.69. The molecular formula is C16H18FN3O. The van der Waals surface area contributed by atoms with E-state index in [1.54, 1.807) is 6.07 Å². The van der Waals surface area contributed by atoms with Crippen LogP contribution in [0.3, 0.4) is 0 Å². The van der Waals surface area contributed by atoms with Crippen molar-refractivity contribution in [2.45, 2.75) is 6.04 Å². The highest BCUT2D eigenvalue weighted by Crippen LogP contribution is 2.15. The zero-order valence-electron chi connectivity index (χ0n) is 12.1. The number of carbonyl (C=O) groups excluding carboxylic acids is 1. The van der Waals surface area contributed by atoms with E-state index >= 15 is 0 Å². The predicted molar refractivity (Wildman–Crippen MR) is 79.4 cm³/mol. The Morgan fingerprint density at radius 2 is 1.95 bits per heavy atom. The van der Waals surface area contributed by atoms with Crippen LogP contribution in [0.1, 0.15) is 22.0 Å². The molecule has 110 valence electrons. The number of hydrogen-bond donors (Lipinski definition) is 1. The van der Waals surface area contributed by atoms with E-state index < -0.39 is 11.9 Å². The van der Waals surface area contributed by atoms with Crippen LogP contribution in [0.4, 0.5) is 4.39 Å². The lowest BCUT2D eigenvalue weighted by Gasteiger charge is -2.23. The molecule has 5 heteroatoms. The zero-order valence-corrected chi connectivity index (χ0v) is 12.1. The number of pyridine rings is 1. The standard InChI is InChI=1S/C16H18FN3O/c1-20(2)11-14(12-7-4-3-5-8-12)19-16(21)13-9-6-10-18-15(13)17/h3-10,14H,11H2,1-2H3,(H,19,21). The van der Waals surface area contributed by atoms with Gasteiger partial charge in [0.25, 0.3) is 5.91 Å². The van der Waals surface area contributed by atoms with Crippen LogP contribution in [0.15, 0.2) is 48.7 Å². The van der Waals surface area contributed by atoms with Crippen LogP contribution >= 0.6 is 0 Å². The Hall–Kier alpha value is -2.27. The molecular weight excluding hydrogens is 269 g/mol. The number of hydrogen-bond acceptors (Lipinski definition) is 3. The number of nitrogens with one attached hydrogen (secondary N) is 1. The molecule has 21 heavy (non-hydrogen) atoms. The van der Waals surface area contributed by atoms with Gasteiger partial charge >= 0.3 is 0 Å². The van der Waals surface area contributed by atoms with Gasteiger partial charge in [-0.1, -0.05) is 30.3 Å². The molecule has 0 radical (unpaired) electrons. The Labute approximate surface area is 123 Å². The highest BCUT2D eigenvalue weighted by atomic mass is 19.1. The number of aromatic nitrogens is 1. The van der Waals surface area contributed by atoms with E-state index in [-0.39, 0.29) is 11.6 Å². The molecule has 1 N–H and O–H groups in total. The normalized spacial score (nSPS) is 12.2. The molecule has 1 aromatic heterocycles. The van der Waals surface area contributed by atoms with Gasteiger partial charge < -0.3 is 10.2 Å². The largest absolute Gasteiger partial charge is 0.344 e. The minimum Gasteiger partial charge on any atom is -0.344 e. The van der Waals surface area contributed by atoms with Crippen LogP contribution in [0.5, 0.6) is 0 Å². The fourth-order valence-electron chi connectivity index (χ4n) is 2.08. The SMILES string of the molecule is CN(C)CC(NC(=O)c1cccnc1F)c1ccccc1. The van der Waals surface area contributed by atoms with E-state index in [1.165, 1.54) is 12.3 Å². The molecule has 1 atom stereocenters. The van der Waals surface area contributed by atoms with E-state index in [0.29, 0.717) is 6.54 Å². The first-order valence-corrected chi connectivity index (χ1v) is 6.69. The Balaban J connectivity index is 2.19. The van der Waals surface area contributed by atoms with Crippen LogP contribution in [0.25, 0.3) is 0 Å². The van der Waals surface area contributed by atoms with Gasteiger partial charge in [-0.15, -0.1) is 0 Å².